The molecule has 1 aromatic carbocycles. The Balaban J connectivity index is 2.64. The molecule has 0 heterocycles. The molecule has 3 nitrogen and oxygen atoms in total. The molecule has 6 heteroatoms. The summed E-state index contributed by atoms with van der Waals surface area (Å²) in [6.45, 7) is 5.15. The molecule has 1 atom stereocenters. The predicted molar refractivity (Wildman–Crippen MR) is 75.4 cm³/mol. The fourth-order valence-electron chi connectivity index (χ4n) is 1.87. The van der Waals surface area contributed by atoms with E-state index in [2.05, 4.69) is 17.0 Å². The van der Waals surface area contributed by atoms with Crippen molar-refractivity contribution in [1.82, 2.24) is 5.32 Å². The molecule has 0 aliphatic carbocycles. The van der Waals surface area contributed by atoms with E-state index in [0.717, 1.165) is 24.1 Å². The molecule has 0 amide bonds. The van der Waals surface area contributed by atoms with E-state index in [9.17, 15) is 13.2 Å². The SMILES string of the molecule is CCCNC(C)c1cc(C)ccc1OCOCC(F)(F)F. The highest BCUT2D eigenvalue weighted by molar-refractivity contribution is 5.38. The Morgan fingerprint density at radius 3 is 2.62 bits per heavy atom. The first-order valence-corrected chi connectivity index (χ1v) is 6.94. The highest BCUT2D eigenvalue weighted by Crippen LogP contribution is 2.26. The van der Waals surface area contributed by atoms with E-state index in [0.29, 0.717) is 5.75 Å². The van der Waals surface area contributed by atoms with Crippen LogP contribution in [0.3, 0.4) is 0 Å². The summed E-state index contributed by atoms with van der Waals surface area (Å²) in [4.78, 5) is 0. The molecule has 1 N–H and O–H groups in total. The average Bonchev–Trinajstić information content (AvgIpc) is 2.41. The van der Waals surface area contributed by atoms with Crippen molar-refractivity contribution in [2.24, 2.45) is 0 Å². The van der Waals surface area contributed by atoms with Gasteiger partial charge in [-0.3, -0.25) is 0 Å². The van der Waals surface area contributed by atoms with Crippen molar-refractivity contribution in [1.29, 1.82) is 0 Å². The van der Waals surface area contributed by atoms with E-state index < -0.39 is 19.6 Å². The van der Waals surface area contributed by atoms with Gasteiger partial charge in [0.05, 0.1) is 0 Å². The van der Waals surface area contributed by atoms with Crippen LogP contribution in [0.25, 0.3) is 0 Å². The second-order valence-corrected chi connectivity index (χ2v) is 4.94. The molecule has 0 aromatic heterocycles. The third-order valence-corrected chi connectivity index (χ3v) is 2.90. The minimum atomic E-state index is -4.34. The fourth-order valence-corrected chi connectivity index (χ4v) is 1.87. The van der Waals surface area contributed by atoms with E-state index >= 15 is 0 Å². The minimum absolute atomic E-state index is 0.0578. The summed E-state index contributed by atoms with van der Waals surface area (Å²) in [5.41, 5.74) is 1.98. The Bertz CT molecular complexity index is 435. The van der Waals surface area contributed by atoms with E-state index in [-0.39, 0.29) is 6.04 Å². The summed E-state index contributed by atoms with van der Waals surface area (Å²) in [6.07, 6.45) is -3.34. The Kier molecular flexibility index (Phi) is 6.98. The normalized spacial score (nSPS) is 13.2. The number of alkyl halides is 3. The van der Waals surface area contributed by atoms with Crippen molar-refractivity contribution >= 4 is 0 Å². The lowest BCUT2D eigenvalue weighted by Gasteiger charge is -2.19. The topological polar surface area (TPSA) is 30.5 Å². The summed E-state index contributed by atoms with van der Waals surface area (Å²) in [5, 5.41) is 3.33. The monoisotopic (exact) mass is 305 g/mol. The second kappa shape index (κ2) is 8.24. The zero-order chi connectivity index (χ0) is 15.9. The molecular weight excluding hydrogens is 283 g/mol. The lowest BCUT2D eigenvalue weighted by molar-refractivity contribution is -0.186. The van der Waals surface area contributed by atoms with Gasteiger partial charge < -0.3 is 14.8 Å². The van der Waals surface area contributed by atoms with Gasteiger partial charge in [-0.05, 0) is 32.9 Å². The molecule has 0 spiro atoms. The third-order valence-electron chi connectivity index (χ3n) is 2.90. The zero-order valence-corrected chi connectivity index (χ0v) is 12.6. The largest absolute Gasteiger partial charge is 0.467 e. The van der Waals surface area contributed by atoms with Gasteiger partial charge >= 0.3 is 6.18 Å². The van der Waals surface area contributed by atoms with Crippen LogP contribution < -0.4 is 10.1 Å². The number of aryl methyl sites for hydroxylation is 1. The van der Waals surface area contributed by atoms with Crippen molar-refractivity contribution in [3.8, 4) is 5.75 Å². The molecule has 0 bridgehead atoms. The van der Waals surface area contributed by atoms with Gasteiger partial charge in [-0.1, -0.05) is 24.6 Å². The molecular formula is C15H22F3NO2. The summed E-state index contributed by atoms with van der Waals surface area (Å²) in [7, 11) is 0. The van der Waals surface area contributed by atoms with Crippen molar-refractivity contribution in [3.63, 3.8) is 0 Å². The van der Waals surface area contributed by atoms with Gasteiger partial charge in [0.2, 0.25) is 0 Å². The van der Waals surface area contributed by atoms with Crippen LogP contribution in [-0.2, 0) is 4.74 Å². The maximum atomic E-state index is 12.0. The maximum absolute atomic E-state index is 12.0. The maximum Gasteiger partial charge on any atom is 0.411 e. The number of nitrogens with one attached hydrogen (secondary N) is 1. The van der Waals surface area contributed by atoms with Gasteiger partial charge in [-0.25, -0.2) is 0 Å². The van der Waals surface area contributed by atoms with Crippen LogP contribution in [0.2, 0.25) is 0 Å². The minimum Gasteiger partial charge on any atom is -0.467 e. The molecule has 120 valence electrons. The summed E-state index contributed by atoms with van der Waals surface area (Å²) in [6, 6.07) is 5.63. The van der Waals surface area contributed by atoms with E-state index in [1.807, 2.05) is 26.0 Å². The Morgan fingerprint density at radius 2 is 2.00 bits per heavy atom. The van der Waals surface area contributed by atoms with Gasteiger partial charge in [0.15, 0.2) is 6.79 Å². The zero-order valence-electron chi connectivity index (χ0n) is 12.6. The first-order valence-electron chi connectivity index (χ1n) is 6.94. The highest BCUT2D eigenvalue weighted by atomic mass is 19.4. The Hall–Kier alpha value is -1.27. The molecule has 0 fully saturated rings. The van der Waals surface area contributed by atoms with Crippen LogP contribution in [0.15, 0.2) is 18.2 Å². The van der Waals surface area contributed by atoms with Crippen molar-refractivity contribution in [3.05, 3.63) is 29.3 Å². The number of rotatable bonds is 8. The number of benzene rings is 1. The van der Waals surface area contributed by atoms with E-state index in [1.54, 1.807) is 6.07 Å². The first kappa shape index (κ1) is 17.8. The third kappa shape index (κ3) is 6.82. The predicted octanol–water partition coefficient (Wildman–Crippen LogP) is 3.97. The van der Waals surface area contributed by atoms with Gasteiger partial charge in [-0.2, -0.15) is 13.2 Å². The van der Waals surface area contributed by atoms with Crippen molar-refractivity contribution in [2.45, 2.75) is 39.4 Å². The van der Waals surface area contributed by atoms with E-state index in [4.69, 9.17) is 4.74 Å². The second-order valence-electron chi connectivity index (χ2n) is 4.94. The van der Waals surface area contributed by atoms with Crippen LogP contribution in [0.5, 0.6) is 5.75 Å². The van der Waals surface area contributed by atoms with Gasteiger partial charge in [0.25, 0.3) is 0 Å². The smallest absolute Gasteiger partial charge is 0.411 e. The van der Waals surface area contributed by atoms with Crippen molar-refractivity contribution in [2.75, 3.05) is 19.9 Å². The molecule has 21 heavy (non-hydrogen) atoms. The number of hydrogen-bond donors (Lipinski definition) is 1. The van der Waals surface area contributed by atoms with Crippen LogP contribution >= 0.6 is 0 Å². The molecule has 0 radical (unpaired) electrons. The molecule has 1 rings (SSSR count). The van der Waals surface area contributed by atoms with Gasteiger partial charge in [0.1, 0.15) is 12.4 Å². The summed E-state index contributed by atoms with van der Waals surface area (Å²) >= 11 is 0. The van der Waals surface area contributed by atoms with Gasteiger partial charge in [-0.15, -0.1) is 0 Å². The molecule has 1 aromatic rings. The van der Waals surface area contributed by atoms with Crippen LogP contribution in [0.1, 0.15) is 37.4 Å². The average molecular weight is 305 g/mol. The van der Waals surface area contributed by atoms with Crippen LogP contribution in [0, 0.1) is 6.92 Å². The number of ether oxygens (including phenoxy) is 2. The molecule has 0 aliphatic heterocycles. The molecule has 0 saturated carbocycles. The quantitative estimate of drug-likeness (QED) is 0.582. The van der Waals surface area contributed by atoms with E-state index in [1.165, 1.54) is 0 Å². The number of halogens is 3. The molecule has 1 unspecified atom stereocenters. The summed E-state index contributed by atoms with van der Waals surface area (Å²) in [5.74, 6) is 0.541. The molecule has 0 aliphatic rings. The Morgan fingerprint density at radius 1 is 1.29 bits per heavy atom. The van der Waals surface area contributed by atoms with Crippen LogP contribution in [-0.4, -0.2) is 26.1 Å². The molecule has 0 saturated heterocycles. The lowest BCUT2D eigenvalue weighted by Crippen LogP contribution is -2.21. The standard InChI is InChI=1S/C15H22F3NO2/c1-4-7-19-12(3)13-8-11(2)5-6-14(13)21-10-20-9-15(16,17)18/h5-6,8,12,19H,4,7,9-10H2,1-3H3. The summed E-state index contributed by atoms with van der Waals surface area (Å²) < 4.78 is 45.8. The fraction of sp³-hybridized carbons (Fsp3) is 0.600. The Labute approximate surface area is 123 Å². The highest BCUT2D eigenvalue weighted by Gasteiger charge is 2.27. The first-order chi connectivity index (χ1) is 9.83. The van der Waals surface area contributed by atoms with Gasteiger partial charge in [0, 0.05) is 11.6 Å². The van der Waals surface area contributed by atoms with Crippen molar-refractivity contribution < 1.29 is 22.6 Å². The number of hydrogen-bond acceptors (Lipinski definition) is 3. The lowest BCUT2D eigenvalue weighted by atomic mass is 10.0. The van der Waals surface area contributed by atoms with Crippen LogP contribution in [0.4, 0.5) is 13.2 Å².